The summed E-state index contributed by atoms with van der Waals surface area (Å²) in [6.45, 7) is -0.834. The molecule has 0 spiro atoms. The topological polar surface area (TPSA) is 113 Å². The molecule has 0 unspecified atom stereocenters. The van der Waals surface area contributed by atoms with Gasteiger partial charge in [-0.25, -0.2) is 12.8 Å². The number of nitrogens with zero attached hydrogens (tertiary/aromatic N) is 2. The monoisotopic (exact) mass is 486 g/mol. The third-order valence-corrected chi connectivity index (χ3v) is 7.15. The smallest absolute Gasteiger partial charge is 0.318 e. The Kier molecular flexibility index (Phi) is 6.63. The number of amides is 1. The van der Waals surface area contributed by atoms with Crippen LogP contribution in [0.2, 0.25) is 5.02 Å². The molecule has 0 saturated carbocycles. The fourth-order valence-electron chi connectivity index (χ4n) is 3.47. The zero-order valence-corrected chi connectivity index (χ0v) is 19.0. The summed E-state index contributed by atoms with van der Waals surface area (Å²) in [5.74, 6) is -2.39. The van der Waals surface area contributed by atoms with E-state index in [4.69, 9.17) is 26.2 Å². The molecule has 1 aliphatic heterocycles. The molecule has 1 heterocycles. The first-order valence-corrected chi connectivity index (χ1v) is 11.0. The highest BCUT2D eigenvalue weighted by molar-refractivity contribution is 7.89. The van der Waals surface area contributed by atoms with Gasteiger partial charge in [0, 0.05) is 31.8 Å². The number of carboxylic acids is 1. The number of ether oxygens (including phenoxy) is 2. The lowest BCUT2D eigenvalue weighted by molar-refractivity contribution is -0.137. The van der Waals surface area contributed by atoms with Gasteiger partial charge in [0.05, 0.1) is 29.7 Å². The summed E-state index contributed by atoms with van der Waals surface area (Å²) in [6.07, 6.45) is 0. The van der Waals surface area contributed by atoms with Crippen molar-refractivity contribution in [3.8, 4) is 11.5 Å². The van der Waals surface area contributed by atoms with E-state index in [9.17, 15) is 22.4 Å². The van der Waals surface area contributed by atoms with Crippen LogP contribution in [0.3, 0.4) is 0 Å². The van der Waals surface area contributed by atoms with Crippen molar-refractivity contribution in [2.24, 2.45) is 0 Å². The average Bonchev–Trinajstić information content (AvgIpc) is 3.04. The number of benzene rings is 2. The van der Waals surface area contributed by atoms with Crippen molar-refractivity contribution in [1.29, 1.82) is 0 Å². The number of carboxylic acid groups (broad SMARTS) is 1. The van der Waals surface area contributed by atoms with Crippen molar-refractivity contribution in [2.75, 3.05) is 27.8 Å². The molecule has 32 heavy (non-hydrogen) atoms. The predicted molar refractivity (Wildman–Crippen MR) is 112 cm³/mol. The molecule has 2 aromatic carbocycles. The van der Waals surface area contributed by atoms with E-state index in [0.717, 1.165) is 7.05 Å². The maximum atomic E-state index is 13.5. The van der Waals surface area contributed by atoms with E-state index in [-0.39, 0.29) is 45.6 Å². The van der Waals surface area contributed by atoms with Crippen molar-refractivity contribution < 1.29 is 37.0 Å². The van der Waals surface area contributed by atoms with E-state index in [1.165, 1.54) is 43.4 Å². The van der Waals surface area contributed by atoms with Gasteiger partial charge in [-0.15, -0.1) is 0 Å². The number of likely N-dealkylation sites (N-methyl/N-ethyl adjacent to an activating group) is 1. The van der Waals surface area contributed by atoms with Crippen LogP contribution < -0.4 is 9.47 Å². The van der Waals surface area contributed by atoms with Gasteiger partial charge in [0.2, 0.25) is 10.0 Å². The third-order valence-electron chi connectivity index (χ3n) is 4.99. The van der Waals surface area contributed by atoms with Crippen LogP contribution in [0.1, 0.15) is 21.5 Å². The van der Waals surface area contributed by atoms with Crippen LogP contribution in [0, 0.1) is 5.82 Å². The molecule has 9 nitrogen and oxygen atoms in total. The summed E-state index contributed by atoms with van der Waals surface area (Å²) < 4.78 is 51.0. The molecular weight excluding hydrogens is 467 g/mol. The quantitative estimate of drug-likeness (QED) is 0.609. The van der Waals surface area contributed by atoms with Crippen LogP contribution in [0.5, 0.6) is 11.5 Å². The highest BCUT2D eigenvalue weighted by Crippen LogP contribution is 2.43. The van der Waals surface area contributed by atoms with Crippen molar-refractivity contribution in [3.63, 3.8) is 0 Å². The van der Waals surface area contributed by atoms with Crippen LogP contribution in [0.25, 0.3) is 0 Å². The van der Waals surface area contributed by atoms with Gasteiger partial charge in [-0.2, -0.15) is 4.31 Å². The molecule has 0 bridgehead atoms. The Morgan fingerprint density at radius 1 is 1.28 bits per heavy atom. The summed E-state index contributed by atoms with van der Waals surface area (Å²) >= 11 is 5.83. The van der Waals surface area contributed by atoms with Crippen LogP contribution in [-0.2, 0) is 27.9 Å². The minimum absolute atomic E-state index is 0.00218. The lowest BCUT2D eigenvalue weighted by Crippen LogP contribution is -2.32. The first-order valence-electron chi connectivity index (χ1n) is 9.20. The minimum Gasteiger partial charge on any atom is -0.493 e. The van der Waals surface area contributed by atoms with Gasteiger partial charge < -0.3 is 19.5 Å². The molecule has 0 radical (unpaired) electrons. The van der Waals surface area contributed by atoms with Gasteiger partial charge in [0.15, 0.2) is 11.5 Å². The van der Waals surface area contributed by atoms with Crippen LogP contribution in [0.4, 0.5) is 4.39 Å². The van der Waals surface area contributed by atoms with Gasteiger partial charge in [0.25, 0.3) is 5.91 Å². The minimum atomic E-state index is -4.28. The molecule has 1 N–H and O–H groups in total. The Morgan fingerprint density at radius 2 is 1.97 bits per heavy atom. The van der Waals surface area contributed by atoms with E-state index < -0.39 is 34.3 Å². The first-order chi connectivity index (χ1) is 15.0. The summed E-state index contributed by atoms with van der Waals surface area (Å²) in [7, 11) is -0.546. The molecule has 0 aliphatic carbocycles. The Morgan fingerprint density at radius 3 is 2.53 bits per heavy atom. The number of rotatable bonds is 8. The summed E-state index contributed by atoms with van der Waals surface area (Å²) in [6, 6.07) is 5.22. The van der Waals surface area contributed by atoms with Crippen LogP contribution >= 0.6 is 11.6 Å². The van der Waals surface area contributed by atoms with E-state index in [2.05, 4.69) is 0 Å². The number of methoxy groups -OCH3 is 2. The van der Waals surface area contributed by atoms with Crippen molar-refractivity contribution in [3.05, 3.63) is 51.8 Å². The normalized spacial score (nSPS) is 13.4. The van der Waals surface area contributed by atoms with Crippen LogP contribution in [0.15, 0.2) is 29.2 Å². The number of hydrogen-bond acceptors (Lipinski definition) is 6. The van der Waals surface area contributed by atoms with Crippen molar-refractivity contribution >= 4 is 33.5 Å². The Bertz CT molecular complexity index is 1200. The zero-order valence-electron chi connectivity index (χ0n) is 17.4. The van der Waals surface area contributed by atoms with E-state index >= 15 is 0 Å². The molecule has 172 valence electrons. The Balaban J connectivity index is 2.11. The second kappa shape index (κ2) is 8.93. The maximum Gasteiger partial charge on any atom is 0.318 e. The molecule has 2 aromatic rings. The lowest BCUT2D eigenvalue weighted by atomic mass is 10.1. The third kappa shape index (κ3) is 4.23. The summed E-state index contributed by atoms with van der Waals surface area (Å²) in [4.78, 5) is 25.4. The van der Waals surface area contributed by atoms with E-state index in [0.29, 0.717) is 9.87 Å². The fraction of sp³-hybridized carbons (Fsp3) is 0.300. The molecule has 1 amide bonds. The van der Waals surface area contributed by atoms with Gasteiger partial charge in [0.1, 0.15) is 12.4 Å². The number of carbonyl (C=O) groups excluding carboxylic acids is 1. The summed E-state index contributed by atoms with van der Waals surface area (Å²) in [5, 5.41) is 8.90. The molecule has 0 atom stereocenters. The molecule has 0 fully saturated rings. The zero-order chi connectivity index (χ0) is 23.8. The summed E-state index contributed by atoms with van der Waals surface area (Å²) in [5.41, 5.74) is 0.691. The Hall–Kier alpha value is -2.89. The average molecular weight is 487 g/mol. The van der Waals surface area contributed by atoms with Gasteiger partial charge in [-0.1, -0.05) is 17.7 Å². The molecule has 0 aromatic heterocycles. The van der Waals surface area contributed by atoms with Crippen molar-refractivity contribution in [2.45, 2.75) is 18.0 Å². The van der Waals surface area contributed by atoms with Gasteiger partial charge in [-0.05, 0) is 17.7 Å². The predicted octanol–water partition coefficient (Wildman–Crippen LogP) is 2.36. The van der Waals surface area contributed by atoms with Crippen molar-refractivity contribution in [1.82, 2.24) is 9.21 Å². The molecule has 0 saturated heterocycles. The maximum absolute atomic E-state index is 13.5. The van der Waals surface area contributed by atoms with Gasteiger partial charge >= 0.3 is 5.97 Å². The second-order valence-electron chi connectivity index (χ2n) is 7.03. The molecule has 12 heteroatoms. The van der Waals surface area contributed by atoms with E-state index in [1.54, 1.807) is 0 Å². The lowest BCUT2D eigenvalue weighted by Gasteiger charge is -2.19. The van der Waals surface area contributed by atoms with Crippen LogP contribution in [-0.4, -0.2) is 62.4 Å². The number of aliphatic carboxylic acids is 1. The highest BCUT2D eigenvalue weighted by atomic mass is 35.5. The highest BCUT2D eigenvalue weighted by Gasteiger charge is 2.39. The molecular formula is C20H20ClFN2O7S. The first kappa shape index (κ1) is 23.8. The number of hydrogen-bond donors (Lipinski definition) is 1. The number of fused-ring (bicyclic) bond motifs is 1. The molecule has 3 rings (SSSR count). The van der Waals surface area contributed by atoms with E-state index in [1.807, 2.05) is 0 Å². The SMILES string of the molecule is COc1cc(S(=O)(=O)N(C)CC(=O)O)c2c(c1OC)C(=O)N(Cc1ccc(F)c(Cl)c1)C2. The van der Waals surface area contributed by atoms with Gasteiger partial charge in [-0.3, -0.25) is 9.59 Å². The number of halogens is 2. The number of carbonyl (C=O) groups is 2. The largest absolute Gasteiger partial charge is 0.493 e. The second-order valence-corrected chi connectivity index (χ2v) is 9.45. The Labute approximate surface area is 188 Å². The standard InChI is InChI=1S/C20H20ClFN2O7S/c1-23(10-17(25)26)32(28,29)16-7-15(30-2)19(31-3)18-12(16)9-24(20(18)27)8-11-4-5-14(22)13(21)6-11/h4-7H,8-10H2,1-3H3,(H,25,26). The fourth-order valence-corrected chi connectivity index (χ4v) is 5.03. The molecule has 1 aliphatic rings. The number of sulfonamides is 1.